The van der Waals surface area contributed by atoms with Crippen molar-refractivity contribution in [2.24, 2.45) is 33.8 Å². The van der Waals surface area contributed by atoms with Crippen molar-refractivity contribution in [3.8, 4) is 0 Å². The van der Waals surface area contributed by atoms with Crippen LogP contribution < -0.4 is 65.5 Å². The van der Waals surface area contributed by atoms with Crippen LogP contribution in [0.5, 0.6) is 0 Å². The number of aliphatic hydroxyl groups excluding tert-OH is 1. The minimum atomic E-state index is -1.87. The number of aliphatic carboxylic acids is 3. The number of carboxylic acids is 3. The van der Waals surface area contributed by atoms with E-state index in [4.69, 9.17) is 22.9 Å². The van der Waals surface area contributed by atoms with Crippen molar-refractivity contribution in [1.82, 2.24) is 47.0 Å². The number of aliphatic imine (C=N–C) groups is 1. The zero-order valence-corrected chi connectivity index (χ0v) is 56.4. The van der Waals surface area contributed by atoms with Gasteiger partial charge >= 0.3 is 17.9 Å². The van der Waals surface area contributed by atoms with Crippen LogP contribution in [0.15, 0.2) is 64.2 Å². The number of fused-ring (bicyclic) bond motifs is 3. The summed E-state index contributed by atoms with van der Waals surface area (Å²) in [6.07, 6.45) is 4.41. The SMILES string of the molecule is CC[C@H](C)[C@H](NC(=O)[C@@H]1CCCN1C(=O)[C@H](CC(=O)O)NC(=O)[C@H](C)N)C(=O)N[C@H](C(=O)N[C@@H](CCCN=C(N)N)C(=O)N[C@@H](CCC(N)=O)C(=O)N1[C@H]2Nc3ccccc3[C@@]2(C/C=C(\C)CC/C=C(\C)CCC=C(C)C)C[C@H]1C(=O)NCC(=O)N[C@@H](CC(=O)O)C(=O)O)[C@@H](C)O. The molecule has 20 N–H and O–H groups in total. The molecule has 32 heteroatoms. The van der Waals surface area contributed by atoms with Crippen molar-refractivity contribution in [1.29, 1.82) is 0 Å². The number of hydrogen-bond donors (Lipinski definition) is 16. The van der Waals surface area contributed by atoms with Gasteiger partial charge in [0.25, 0.3) is 0 Å². The summed E-state index contributed by atoms with van der Waals surface area (Å²) in [5.41, 5.74) is 26.2. The molecular weight excluding hydrogens is 1260 g/mol. The number of rotatable bonds is 39. The number of carboxylic acid groups (broad SMARTS) is 3. The van der Waals surface area contributed by atoms with Crippen molar-refractivity contribution in [3.05, 3.63) is 64.8 Å². The Morgan fingerprint density at radius 1 is 0.691 bits per heavy atom. The summed E-state index contributed by atoms with van der Waals surface area (Å²) in [5.74, 6) is -15.1. The van der Waals surface area contributed by atoms with Gasteiger partial charge in [-0.25, -0.2) is 4.79 Å². The zero-order valence-electron chi connectivity index (χ0n) is 56.4. The molecule has 97 heavy (non-hydrogen) atoms. The molecule has 4 rings (SSSR count). The standard InChI is InChI=1S/C65H99N15O17/c1-9-37(6)52(77-57(91)46-23-15-29-79(46)60(94)44(30-50(84)85)75-54(88)38(7)66)58(92)78-53(39(8)81)59(93)73-42(22-14-28-70-64(68)69)55(89)74-43(24-25-48(67)82)61(95)80-47(56(90)71-33-49(83)72-45(62(96)97)31-51(86)87)32-65(40-20-10-11-21-41(40)76-63(65)80)27-26-36(5)19-13-18-35(4)17-12-16-34(2)3/h10-11,16,18,20-21,26,37-39,42-47,52-53,63,76,81H,9,12-15,17,19,22-25,27-33,66H2,1-8H3,(H2,67,82)(H,71,90)(H,72,83)(H,73,93)(H,74,89)(H,75,88)(H,77,91)(H,78,92)(H,84,85)(H,86,87)(H,96,97)(H4,68,69,70)/b35-18+,36-26+/t37-,38-,39+,42-,43-,44-,45-,46-,47-,52-,53-,63+,65+/m0/s1. The number of likely N-dealkylation sites (tertiary alicyclic amines) is 2. The van der Waals surface area contributed by atoms with Gasteiger partial charge in [0.1, 0.15) is 54.5 Å². The number of nitrogens with one attached hydrogen (secondary N) is 8. The van der Waals surface area contributed by atoms with E-state index in [-0.39, 0.29) is 64.0 Å². The molecule has 2 saturated heterocycles. The lowest BCUT2D eigenvalue weighted by Crippen LogP contribution is -2.63. The summed E-state index contributed by atoms with van der Waals surface area (Å²) in [6.45, 7) is 12.9. The summed E-state index contributed by atoms with van der Waals surface area (Å²) >= 11 is 0. The first-order valence-corrected chi connectivity index (χ1v) is 32.6. The molecule has 32 nitrogen and oxygen atoms in total. The predicted octanol–water partition coefficient (Wildman–Crippen LogP) is -0.771. The quantitative estimate of drug-likeness (QED) is 0.0167. The molecule has 0 radical (unpaired) electrons. The van der Waals surface area contributed by atoms with Gasteiger partial charge in [0, 0.05) is 30.6 Å². The molecule has 0 spiro atoms. The number of nitrogens with zero attached hydrogens (tertiary/aromatic N) is 3. The molecule has 2 fully saturated rings. The number of carbonyl (C=O) groups excluding carboxylic acids is 10. The molecule has 0 saturated carbocycles. The lowest BCUT2D eigenvalue weighted by atomic mass is 9.75. The fourth-order valence-corrected chi connectivity index (χ4v) is 11.9. The summed E-state index contributed by atoms with van der Waals surface area (Å²) in [4.78, 5) is 182. The lowest BCUT2D eigenvalue weighted by molar-refractivity contribution is -0.147. The molecule has 3 aliphatic rings. The maximum atomic E-state index is 15.8. The van der Waals surface area contributed by atoms with E-state index in [2.05, 4.69) is 66.6 Å². The molecule has 0 aliphatic carbocycles. The number of aliphatic hydroxyl groups is 1. The summed E-state index contributed by atoms with van der Waals surface area (Å²) in [6, 6.07) is -6.77. The molecule has 536 valence electrons. The van der Waals surface area contributed by atoms with Gasteiger partial charge in [0.05, 0.1) is 31.5 Å². The fraction of sp³-hybridized carbons (Fsp3) is 0.600. The van der Waals surface area contributed by atoms with Gasteiger partial charge in [-0.1, -0.05) is 73.4 Å². The number of allylic oxidation sites excluding steroid dienone is 6. The van der Waals surface area contributed by atoms with E-state index >= 15 is 4.79 Å². The maximum Gasteiger partial charge on any atom is 0.326 e. The molecular formula is C65H99N15O17. The van der Waals surface area contributed by atoms with Crippen LogP contribution in [0.3, 0.4) is 0 Å². The third kappa shape index (κ3) is 23.7. The molecule has 10 amide bonds. The van der Waals surface area contributed by atoms with Crippen LogP contribution in [-0.2, 0) is 67.7 Å². The van der Waals surface area contributed by atoms with E-state index in [9.17, 15) is 78.0 Å². The average molecular weight is 1360 g/mol. The van der Waals surface area contributed by atoms with Crippen molar-refractivity contribution < 1.29 is 82.8 Å². The number of para-hydroxylation sites is 1. The minimum absolute atomic E-state index is 0.0102. The third-order valence-corrected chi connectivity index (χ3v) is 17.4. The number of nitrogens with two attached hydrogens (primary N) is 4. The van der Waals surface area contributed by atoms with Crippen LogP contribution in [0, 0.1) is 5.92 Å². The van der Waals surface area contributed by atoms with Gasteiger partial charge in [-0.15, -0.1) is 0 Å². The van der Waals surface area contributed by atoms with E-state index in [0.717, 1.165) is 36.7 Å². The highest BCUT2D eigenvalue weighted by molar-refractivity contribution is 6.00. The van der Waals surface area contributed by atoms with E-state index in [1.165, 1.54) is 23.0 Å². The molecule has 3 heterocycles. The van der Waals surface area contributed by atoms with Crippen LogP contribution in [-0.4, -0.2) is 199 Å². The van der Waals surface area contributed by atoms with Gasteiger partial charge in [-0.2, -0.15) is 0 Å². The fourth-order valence-electron chi connectivity index (χ4n) is 11.9. The Hall–Kier alpha value is -9.46. The van der Waals surface area contributed by atoms with E-state index in [1.807, 2.05) is 32.9 Å². The average Bonchev–Trinajstić information content (AvgIpc) is 1.55. The first-order valence-electron chi connectivity index (χ1n) is 32.6. The van der Waals surface area contributed by atoms with Crippen LogP contribution in [0.4, 0.5) is 5.69 Å². The van der Waals surface area contributed by atoms with Gasteiger partial charge < -0.3 is 95.7 Å². The van der Waals surface area contributed by atoms with Crippen LogP contribution in [0.25, 0.3) is 0 Å². The van der Waals surface area contributed by atoms with Crippen molar-refractivity contribution >= 4 is 88.6 Å². The van der Waals surface area contributed by atoms with E-state index in [0.29, 0.717) is 17.7 Å². The highest BCUT2D eigenvalue weighted by Gasteiger charge is 2.61. The van der Waals surface area contributed by atoms with Gasteiger partial charge in [-0.05, 0) is 130 Å². The second-order valence-electron chi connectivity index (χ2n) is 25.5. The second-order valence-corrected chi connectivity index (χ2v) is 25.5. The Morgan fingerprint density at radius 2 is 1.30 bits per heavy atom. The van der Waals surface area contributed by atoms with Crippen molar-refractivity contribution in [2.75, 3.05) is 25.0 Å². The smallest absolute Gasteiger partial charge is 0.326 e. The first kappa shape index (κ1) is 80.0. The number of benzene rings is 1. The number of guanidine groups is 1. The van der Waals surface area contributed by atoms with Crippen LogP contribution >= 0.6 is 0 Å². The Balaban J connectivity index is 1.74. The van der Waals surface area contributed by atoms with Crippen molar-refractivity contribution in [2.45, 2.75) is 224 Å². The molecule has 3 aliphatic heterocycles. The Kier molecular flexibility index (Phi) is 31.1. The third-order valence-electron chi connectivity index (χ3n) is 17.4. The number of carbonyl (C=O) groups is 13. The highest BCUT2D eigenvalue weighted by atomic mass is 16.4. The summed E-state index contributed by atoms with van der Waals surface area (Å²) in [7, 11) is 0. The van der Waals surface area contributed by atoms with E-state index in [1.54, 1.807) is 32.0 Å². The number of primary amides is 1. The van der Waals surface area contributed by atoms with Crippen LogP contribution in [0.1, 0.15) is 157 Å². The van der Waals surface area contributed by atoms with Gasteiger partial charge in [-0.3, -0.25) is 62.5 Å². The second kappa shape index (κ2) is 37.7. The highest BCUT2D eigenvalue weighted by Crippen LogP contribution is 2.53. The Morgan fingerprint density at radius 3 is 1.90 bits per heavy atom. The lowest BCUT2D eigenvalue weighted by Gasteiger charge is -2.35. The normalized spacial score (nSPS) is 20.0. The van der Waals surface area contributed by atoms with Gasteiger partial charge in [0.15, 0.2) is 5.96 Å². The molecule has 0 unspecified atom stereocenters. The first-order chi connectivity index (χ1) is 45.6. The monoisotopic (exact) mass is 1360 g/mol. The summed E-state index contributed by atoms with van der Waals surface area (Å²) < 4.78 is 0. The largest absolute Gasteiger partial charge is 0.481 e. The minimum Gasteiger partial charge on any atom is -0.481 e. The Labute approximate surface area is 563 Å². The van der Waals surface area contributed by atoms with E-state index < -0.39 is 187 Å². The number of amides is 10. The number of anilines is 1. The van der Waals surface area contributed by atoms with Crippen LogP contribution in [0.2, 0.25) is 0 Å². The zero-order chi connectivity index (χ0) is 72.6. The maximum absolute atomic E-state index is 15.8. The molecule has 0 aromatic heterocycles. The molecule has 0 bridgehead atoms. The summed E-state index contributed by atoms with van der Waals surface area (Å²) in [5, 5.41) is 60.2. The van der Waals surface area contributed by atoms with Crippen molar-refractivity contribution in [3.63, 3.8) is 0 Å². The molecule has 1 aromatic rings. The molecule has 1 aromatic carbocycles. The number of hydrogen-bond acceptors (Lipinski definition) is 17. The topological polar surface area (TPSA) is 522 Å². The van der Waals surface area contributed by atoms with Gasteiger partial charge in [0.2, 0.25) is 59.1 Å². The predicted molar refractivity (Wildman–Crippen MR) is 355 cm³/mol. The molecule has 13 atom stereocenters. The Bertz CT molecular complexity index is 3180.